The molecule has 0 aliphatic carbocycles. The third kappa shape index (κ3) is 225. The van der Waals surface area contributed by atoms with Gasteiger partial charge in [-0.15, -0.1) is 12.3 Å². The van der Waals surface area contributed by atoms with Crippen LogP contribution < -0.4 is 0 Å². The van der Waals surface area contributed by atoms with E-state index >= 15 is 0 Å². The van der Waals surface area contributed by atoms with Gasteiger partial charge in [-0.2, -0.15) is 0 Å². The van der Waals surface area contributed by atoms with Gasteiger partial charge in [-0.25, -0.2) is 0 Å². The Kier molecular flexibility index (Phi) is 34.8. The molecule has 0 aromatic carbocycles. The number of hydrogen-bond donors (Lipinski definition) is 0. The normalized spacial score (nSPS) is 6.73. The summed E-state index contributed by atoms with van der Waals surface area (Å²) >= 11 is 0. The standard InChI is InChI=1S/C5H12.C3H8.C3H4/c1-4-5(2)3;2*1-3-2/h5H,4H2,1-3H3;3H2,1-2H3;1H,2H3. The Hall–Kier alpha value is -0.440. The highest BCUT2D eigenvalue weighted by Gasteiger charge is 1.80. The summed E-state index contributed by atoms with van der Waals surface area (Å²) in [6.07, 6.45) is 7.15. The lowest BCUT2D eigenvalue weighted by atomic mass is 10.2. The Bertz CT molecular complexity index is 64.6. The van der Waals surface area contributed by atoms with Crippen molar-refractivity contribution in [3.8, 4) is 12.3 Å². The summed E-state index contributed by atoms with van der Waals surface area (Å²) in [5.41, 5.74) is 0. The van der Waals surface area contributed by atoms with E-state index in [9.17, 15) is 0 Å². The molecule has 0 heterocycles. The first kappa shape index (κ1) is 16.9. The number of rotatable bonds is 1. The first-order valence-electron chi connectivity index (χ1n) is 4.47. The maximum absolute atomic E-state index is 4.60. The fraction of sp³-hybridized carbons (Fsp3) is 0.818. The van der Waals surface area contributed by atoms with Crippen molar-refractivity contribution in [2.24, 2.45) is 5.92 Å². The van der Waals surface area contributed by atoms with Gasteiger partial charge in [-0.3, -0.25) is 0 Å². The van der Waals surface area contributed by atoms with Gasteiger partial charge in [0, 0.05) is 0 Å². The predicted molar refractivity (Wildman–Crippen MR) is 55.6 cm³/mol. The van der Waals surface area contributed by atoms with E-state index in [1.54, 1.807) is 6.92 Å². The highest BCUT2D eigenvalue weighted by molar-refractivity contribution is 4.73. The van der Waals surface area contributed by atoms with Crippen molar-refractivity contribution in [1.82, 2.24) is 0 Å². The van der Waals surface area contributed by atoms with E-state index in [2.05, 4.69) is 47.0 Å². The average molecular weight is 156 g/mol. The van der Waals surface area contributed by atoms with E-state index < -0.39 is 0 Å². The lowest BCUT2D eigenvalue weighted by Crippen LogP contribution is -1.77. The molecule has 0 N–H and O–H groups in total. The molecular weight excluding hydrogens is 132 g/mol. The van der Waals surface area contributed by atoms with Crippen molar-refractivity contribution in [1.29, 1.82) is 0 Å². The largest absolute Gasteiger partial charge is 0.120 e. The van der Waals surface area contributed by atoms with E-state index in [1.807, 2.05) is 0 Å². The van der Waals surface area contributed by atoms with Crippen LogP contribution >= 0.6 is 0 Å². The fourth-order valence-corrected chi connectivity index (χ4v) is 0. The lowest BCUT2D eigenvalue weighted by molar-refractivity contribution is 0.626. The second-order valence-electron chi connectivity index (χ2n) is 2.80. The van der Waals surface area contributed by atoms with Crippen molar-refractivity contribution in [2.75, 3.05) is 0 Å². The molecule has 0 aliphatic rings. The Morgan fingerprint density at radius 2 is 1.27 bits per heavy atom. The minimum Gasteiger partial charge on any atom is -0.120 e. The third-order valence-electron chi connectivity index (χ3n) is 0.816. The Morgan fingerprint density at radius 3 is 1.27 bits per heavy atom. The zero-order valence-corrected chi connectivity index (χ0v) is 9.07. The maximum atomic E-state index is 4.60. The lowest BCUT2D eigenvalue weighted by Gasteiger charge is -1.90. The van der Waals surface area contributed by atoms with E-state index in [-0.39, 0.29) is 0 Å². The number of hydrogen-bond acceptors (Lipinski definition) is 0. The second-order valence-corrected chi connectivity index (χ2v) is 2.80. The molecule has 0 amide bonds. The van der Waals surface area contributed by atoms with Crippen molar-refractivity contribution in [3.63, 3.8) is 0 Å². The van der Waals surface area contributed by atoms with E-state index in [0.717, 1.165) is 5.92 Å². The third-order valence-corrected chi connectivity index (χ3v) is 0.816. The number of terminal acetylenes is 1. The SMILES string of the molecule is C#CC.CCC.CCC(C)C. The first-order chi connectivity index (χ1) is 5.10. The van der Waals surface area contributed by atoms with Gasteiger partial charge in [0.15, 0.2) is 0 Å². The van der Waals surface area contributed by atoms with Gasteiger partial charge in [-0.1, -0.05) is 47.5 Å². The van der Waals surface area contributed by atoms with Gasteiger partial charge in [0.25, 0.3) is 0 Å². The van der Waals surface area contributed by atoms with Crippen LogP contribution in [0.3, 0.4) is 0 Å². The fourth-order valence-electron chi connectivity index (χ4n) is 0. The van der Waals surface area contributed by atoms with Gasteiger partial charge >= 0.3 is 0 Å². The highest BCUT2D eigenvalue weighted by Crippen LogP contribution is 1.93. The summed E-state index contributed by atoms with van der Waals surface area (Å²) in [7, 11) is 0. The van der Waals surface area contributed by atoms with Crippen LogP contribution in [0.2, 0.25) is 0 Å². The average Bonchev–Trinajstić information content (AvgIpc) is 1.91. The predicted octanol–water partition coefficient (Wildman–Crippen LogP) is 4.11. The molecule has 0 aromatic heterocycles. The van der Waals surface area contributed by atoms with E-state index in [0.29, 0.717) is 0 Å². The minimum absolute atomic E-state index is 0.884. The smallest absolute Gasteiger partial charge is 0.00297 e. The van der Waals surface area contributed by atoms with E-state index in [1.165, 1.54) is 12.8 Å². The van der Waals surface area contributed by atoms with Crippen LogP contribution in [0.5, 0.6) is 0 Å². The molecule has 0 rings (SSSR count). The van der Waals surface area contributed by atoms with Crippen molar-refractivity contribution in [2.45, 2.75) is 54.4 Å². The zero-order chi connectivity index (χ0) is 9.70. The minimum atomic E-state index is 0.884. The second kappa shape index (κ2) is 22.7. The van der Waals surface area contributed by atoms with Crippen molar-refractivity contribution < 1.29 is 0 Å². The van der Waals surface area contributed by atoms with Crippen LogP contribution in [-0.2, 0) is 0 Å². The van der Waals surface area contributed by atoms with Crippen LogP contribution in [-0.4, -0.2) is 0 Å². The molecule has 0 aliphatic heterocycles. The molecule has 11 heavy (non-hydrogen) atoms. The summed E-state index contributed by atoms with van der Waals surface area (Å²) in [6, 6.07) is 0. The van der Waals surface area contributed by atoms with Crippen LogP contribution in [0.1, 0.15) is 54.4 Å². The quantitative estimate of drug-likeness (QED) is 0.501. The molecule has 0 aromatic rings. The molecule has 68 valence electrons. The molecule has 0 bridgehead atoms. The molecule has 0 nitrogen and oxygen atoms in total. The van der Waals surface area contributed by atoms with Crippen molar-refractivity contribution >= 4 is 0 Å². The van der Waals surface area contributed by atoms with Crippen molar-refractivity contribution in [3.05, 3.63) is 0 Å². The topological polar surface area (TPSA) is 0 Å². The molecule has 0 heteroatoms. The summed E-state index contributed by atoms with van der Waals surface area (Å²) < 4.78 is 0. The Balaban J connectivity index is -0.0000000933. The summed E-state index contributed by atoms with van der Waals surface area (Å²) in [4.78, 5) is 0. The van der Waals surface area contributed by atoms with Gasteiger partial charge in [0.2, 0.25) is 0 Å². The highest BCUT2D eigenvalue weighted by atomic mass is 13.9. The monoisotopic (exact) mass is 156 g/mol. The Labute approximate surface area is 73.4 Å². The van der Waals surface area contributed by atoms with Gasteiger partial charge < -0.3 is 0 Å². The maximum Gasteiger partial charge on any atom is -0.00297 e. The molecule has 0 fully saturated rings. The molecule has 0 saturated heterocycles. The van der Waals surface area contributed by atoms with Gasteiger partial charge in [0.05, 0.1) is 0 Å². The molecule has 0 saturated carbocycles. The Morgan fingerprint density at radius 1 is 1.18 bits per heavy atom. The molecular formula is C11H24. The van der Waals surface area contributed by atoms with E-state index in [4.69, 9.17) is 0 Å². The van der Waals surface area contributed by atoms with Crippen LogP contribution in [0.25, 0.3) is 0 Å². The van der Waals surface area contributed by atoms with Gasteiger partial charge in [0.1, 0.15) is 0 Å². The molecule has 0 spiro atoms. The summed E-state index contributed by atoms with van der Waals surface area (Å²) in [6.45, 7) is 12.5. The van der Waals surface area contributed by atoms with Crippen LogP contribution in [0.15, 0.2) is 0 Å². The van der Waals surface area contributed by atoms with Gasteiger partial charge in [-0.05, 0) is 12.8 Å². The summed E-state index contributed by atoms with van der Waals surface area (Å²) in [5, 5.41) is 0. The molecule has 0 radical (unpaired) electrons. The first-order valence-corrected chi connectivity index (χ1v) is 4.47. The molecule has 0 atom stereocenters. The van der Waals surface area contributed by atoms with Crippen LogP contribution in [0, 0.1) is 18.3 Å². The summed E-state index contributed by atoms with van der Waals surface area (Å²) in [5.74, 6) is 3.13. The van der Waals surface area contributed by atoms with Crippen LogP contribution in [0.4, 0.5) is 0 Å². The zero-order valence-electron chi connectivity index (χ0n) is 9.07. The molecule has 0 unspecified atom stereocenters.